The second kappa shape index (κ2) is 7.09. The molecule has 1 aliphatic heterocycles. The molecule has 154 valence electrons. The van der Waals surface area contributed by atoms with Gasteiger partial charge in [0.25, 0.3) is 5.69 Å². The van der Waals surface area contributed by atoms with E-state index < -0.39 is 16.9 Å². The summed E-state index contributed by atoms with van der Waals surface area (Å²) in [4.78, 5) is 38.7. The highest BCUT2D eigenvalue weighted by Crippen LogP contribution is 2.48. The molecule has 7 nitrogen and oxygen atoms in total. The molecule has 1 heterocycles. The maximum Gasteiger partial charge on any atom is 0.269 e. The number of allylic oxidation sites excluding steroid dienone is 1. The average Bonchev–Trinajstić information content (AvgIpc) is 2.81. The zero-order chi connectivity index (χ0) is 21.6. The van der Waals surface area contributed by atoms with Crippen molar-refractivity contribution in [2.24, 2.45) is 11.3 Å². The minimum absolute atomic E-state index is 0.000521. The molecule has 0 radical (unpaired) electrons. The highest BCUT2D eigenvalue weighted by Gasteiger charge is 2.45. The molecule has 2 unspecified atom stereocenters. The van der Waals surface area contributed by atoms with Crippen LogP contribution in [0.4, 0.5) is 17.1 Å². The van der Waals surface area contributed by atoms with Crippen LogP contribution in [0.5, 0.6) is 0 Å². The Hall–Kier alpha value is -3.48. The number of nitro groups is 1. The molecule has 0 bridgehead atoms. The van der Waals surface area contributed by atoms with Crippen molar-refractivity contribution in [3.8, 4) is 0 Å². The first-order chi connectivity index (χ1) is 14.2. The van der Waals surface area contributed by atoms with Crippen molar-refractivity contribution in [1.29, 1.82) is 0 Å². The predicted octanol–water partition coefficient (Wildman–Crippen LogP) is 4.61. The number of benzene rings is 2. The molecule has 2 atom stereocenters. The smallest absolute Gasteiger partial charge is 0.269 e. The lowest BCUT2D eigenvalue weighted by Gasteiger charge is -2.38. The standard InChI is InChI=1S/C23H23N3O4/c1-14(27)25-19-10-5-4-9-17(19)24-18-12-23(2,3)13-20(28)21(18)22(25)15-7-6-8-16(11-15)26(29)30/h4-12,21-22,24H,13H2,1-3H3. The third-order valence-corrected chi connectivity index (χ3v) is 5.66. The Labute approximate surface area is 174 Å². The normalized spacial score (nSPS) is 22.2. The molecule has 2 aliphatic rings. The second-order valence-corrected chi connectivity index (χ2v) is 8.54. The minimum atomic E-state index is -0.687. The molecular formula is C23H23N3O4. The van der Waals surface area contributed by atoms with Crippen molar-refractivity contribution in [2.45, 2.75) is 33.2 Å². The lowest BCUT2D eigenvalue weighted by molar-refractivity contribution is -0.384. The van der Waals surface area contributed by atoms with Gasteiger partial charge in [-0.05, 0) is 23.1 Å². The molecule has 0 aromatic heterocycles. The fourth-order valence-corrected chi connectivity index (χ4v) is 4.53. The summed E-state index contributed by atoms with van der Waals surface area (Å²) in [6, 6.07) is 12.9. The Bertz CT molecular complexity index is 1090. The molecule has 1 N–H and O–H groups in total. The van der Waals surface area contributed by atoms with E-state index >= 15 is 0 Å². The first kappa shape index (κ1) is 19.8. The highest BCUT2D eigenvalue weighted by atomic mass is 16.6. The number of anilines is 2. The lowest BCUT2D eigenvalue weighted by Crippen LogP contribution is -2.42. The summed E-state index contributed by atoms with van der Waals surface area (Å²) < 4.78 is 0. The van der Waals surface area contributed by atoms with E-state index in [1.54, 1.807) is 17.0 Å². The van der Waals surface area contributed by atoms with Crippen LogP contribution in [-0.4, -0.2) is 16.6 Å². The molecule has 30 heavy (non-hydrogen) atoms. The topological polar surface area (TPSA) is 92.6 Å². The largest absolute Gasteiger partial charge is 0.357 e. The van der Waals surface area contributed by atoms with E-state index in [-0.39, 0.29) is 22.8 Å². The molecular weight excluding hydrogens is 382 g/mol. The van der Waals surface area contributed by atoms with E-state index in [9.17, 15) is 19.7 Å². The SMILES string of the molecule is CC(=O)N1c2ccccc2NC2=CC(C)(C)CC(=O)C2C1c1cccc([N+](=O)[O-])c1. The van der Waals surface area contributed by atoms with Crippen molar-refractivity contribution in [1.82, 2.24) is 0 Å². The van der Waals surface area contributed by atoms with E-state index in [1.807, 2.05) is 44.2 Å². The van der Waals surface area contributed by atoms with Gasteiger partial charge in [-0.1, -0.05) is 44.2 Å². The molecule has 2 aromatic rings. The number of rotatable bonds is 2. The van der Waals surface area contributed by atoms with Gasteiger partial charge in [-0.2, -0.15) is 0 Å². The van der Waals surface area contributed by atoms with Crippen molar-refractivity contribution in [3.05, 3.63) is 76.0 Å². The predicted molar refractivity (Wildman–Crippen MR) is 114 cm³/mol. The van der Waals surface area contributed by atoms with Gasteiger partial charge in [0.1, 0.15) is 5.78 Å². The summed E-state index contributed by atoms with van der Waals surface area (Å²) in [6.07, 6.45) is 2.38. The van der Waals surface area contributed by atoms with Crippen LogP contribution >= 0.6 is 0 Å². The first-order valence-electron chi connectivity index (χ1n) is 9.83. The summed E-state index contributed by atoms with van der Waals surface area (Å²) in [5, 5.41) is 14.8. The number of nitro benzene ring substituents is 1. The summed E-state index contributed by atoms with van der Waals surface area (Å²) in [6.45, 7) is 5.45. The third kappa shape index (κ3) is 3.36. The van der Waals surface area contributed by atoms with Gasteiger partial charge in [-0.15, -0.1) is 0 Å². The van der Waals surface area contributed by atoms with E-state index in [0.29, 0.717) is 17.7 Å². The molecule has 2 aromatic carbocycles. The molecule has 0 saturated heterocycles. The van der Waals surface area contributed by atoms with Crippen molar-refractivity contribution < 1.29 is 14.5 Å². The summed E-state index contributed by atoms with van der Waals surface area (Å²) in [5.74, 6) is -0.878. The number of ketones is 1. The van der Waals surface area contributed by atoms with Crippen LogP contribution < -0.4 is 10.2 Å². The van der Waals surface area contributed by atoms with Crippen LogP contribution in [0.25, 0.3) is 0 Å². The molecule has 0 saturated carbocycles. The zero-order valence-corrected chi connectivity index (χ0v) is 17.1. The molecule has 4 rings (SSSR count). The average molecular weight is 405 g/mol. The number of nitrogens with one attached hydrogen (secondary N) is 1. The highest BCUT2D eigenvalue weighted by molar-refractivity contribution is 6.00. The second-order valence-electron chi connectivity index (χ2n) is 8.54. The molecule has 1 aliphatic carbocycles. The number of amides is 1. The van der Waals surface area contributed by atoms with Crippen LogP contribution in [0, 0.1) is 21.4 Å². The number of non-ortho nitro benzene ring substituents is 1. The van der Waals surface area contributed by atoms with Crippen molar-refractivity contribution in [3.63, 3.8) is 0 Å². The van der Waals surface area contributed by atoms with Gasteiger partial charge < -0.3 is 10.2 Å². The Morgan fingerprint density at radius 3 is 2.63 bits per heavy atom. The van der Waals surface area contributed by atoms with Gasteiger partial charge in [-0.3, -0.25) is 19.7 Å². The van der Waals surface area contributed by atoms with Crippen LogP contribution in [0.2, 0.25) is 0 Å². The Balaban J connectivity index is 2.00. The summed E-state index contributed by atoms with van der Waals surface area (Å²) in [5.41, 5.74) is 2.25. The number of carbonyl (C=O) groups excluding carboxylic acids is 2. The van der Waals surface area contributed by atoms with E-state index in [4.69, 9.17) is 0 Å². The number of Topliss-reactive ketones (excluding diaryl/α,β-unsaturated/α-hetero) is 1. The summed E-state index contributed by atoms with van der Waals surface area (Å²) >= 11 is 0. The first-order valence-corrected chi connectivity index (χ1v) is 9.83. The molecule has 7 heteroatoms. The van der Waals surface area contributed by atoms with Gasteiger partial charge in [0, 0.05) is 31.2 Å². The van der Waals surface area contributed by atoms with Gasteiger partial charge in [0.2, 0.25) is 5.91 Å². The van der Waals surface area contributed by atoms with Gasteiger partial charge in [0.05, 0.1) is 28.3 Å². The van der Waals surface area contributed by atoms with Crippen LogP contribution in [0.1, 0.15) is 38.8 Å². The van der Waals surface area contributed by atoms with Crippen LogP contribution in [-0.2, 0) is 9.59 Å². The van der Waals surface area contributed by atoms with Gasteiger partial charge in [-0.25, -0.2) is 0 Å². The van der Waals surface area contributed by atoms with E-state index in [2.05, 4.69) is 5.32 Å². The van der Waals surface area contributed by atoms with Crippen LogP contribution in [0.3, 0.4) is 0 Å². The quantitative estimate of drug-likeness (QED) is 0.582. The number of carbonyl (C=O) groups is 2. The monoisotopic (exact) mass is 405 g/mol. The Kier molecular flexibility index (Phi) is 4.68. The number of fused-ring (bicyclic) bond motifs is 2. The lowest BCUT2D eigenvalue weighted by atomic mass is 9.72. The Morgan fingerprint density at radius 2 is 1.93 bits per heavy atom. The fourth-order valence-electron chi connectivity index (χ4n) is 4.53. The Morgan fingerprint density at radius 1 is 1.20 bits per heavy atom. The van der Waals surface area contributed by atoms with Crippen LogP contribution in [0.15, 0.2) is 60.3 Å². The maximum atomic E-state index is 13.4. The van der Waals surface area contributed by atoms with Crippen molar-refractivity contribution in [2.75, 3.05) is 10.2 Å². The minimum Gasteiger partial charge on any atom is -0.357 e. The zero-order valence-electron chi connectivity index (χ0n) is 17.1. The van der Waals surface area contributed by atoms with Gasteiger partial charge in [0.15, 0.2) is 0 Å². The molecule has 0 fully saturated rings. The molecule has 1 amide bonds. The number of hydrogen-bond donors (Lipinski definition) is 1. The molecule has 0 spiro atoms. The fraction of sp³-hybridized carbons (Fsp3) is 0.304. The van der Waals surface area contributed by atoms with Crippen molar-refractivity contribution >= 4 is 28.8 Å². The summed E-state index contributed by atoms with van der Waals surface area (Å²) in [7, 11) is 0. The third-order valence-electron chi connectivity index (χ3n) is 5.66. The number of hydrogen-bond acceptors (Lipinski definition) is 5. The van der Waals surface area contributed by atoms with E-state index in [1.165, 1.54) is 19.1 Å². The van der Waals surface area contributed by atoms with Gasteiger partial charge >= 0.3 is 0 Å². The maximum absolute atomic E-state index is 13.4. The van der Waals surface area contributed by atoms with E-state index in [0.717, 1.165) is 11.4 Å². The number of para-hydroxylation sites is 2. The number of nitrogens with zero attached hydrogens (tertiary/aromatic N) is 2.